The van der Waals surface area contributed by atoms with E-state index >= 15 is 0 Å². The first-order valence-electron chi connectivity index (χ1n) is 7.17. The Morgan fingerprint density at radius 2 is 2.11 bits per heavy atom. The van der Waals surface area contributed by atoms with Crippen LogP contribution in [-0.4, -0.2) is 34.3 Å². The summed E-state index contributed by atoms with van der Waals surface area (Å²) in [4.78, 5) is 2.49. The topological polar surface area (TPSA) is 47.1 Å². The lowest BCUT2D eigenvalue weighted by Gasteiger charge is -2.34. The molecular weight excluding hydrogens is 224 g/mol. The van der Waals surface area contributed by atoms with E-state index in [1.54, 1.807) is 6.20 Å². The molecule has 0 bridgehead atoms. The van der Waals surface area contributed by atoms with Gasteiger partial charge in [-0.1, -0.05) is 13.3 Å². The van der Waals surface area contributed by atoms with Crippen LogP contribution in [0.25, 0.3) is 0 Å². The Morgan fingerprint density at radius 1 is 1.39 bits per heavy atom. The lowest BCUT2D eigenvalue weighted by molar-refractivity contribution is 0.158. The van der Waals surface area contributed by atoms with Crippen LogP contribution in [-0.2, 0) is 6.54 Å². The minimum Gasteiger partial charge on any atom is -0.396 e. The monoisotopic (exact) mass is 250 g/mol. The average molecular weight is 250 g/mol. The highest BCUT2D eigenvalue weighted by Crippen LogP contribution is 2.28. The molecule has 2 rings (SSSR count). The molecule has 18 heavy (non-hydrogen) atoms. The molecule has 0 saturated heterocycles. The molecule has 0 aromatic carbocycles. The van der Waals surface area contributed by atoms with Crippen molar-refractivity contribution in [3.8, 4) is 0 Å². The molecule has 0 amide bonds. The van der Waals surface area contributed by atoms with Crippen molar-refractivity contribution in [2.24, 2.45) is 5.92 Å². The minimum absolute atomic E-state index is 0.751. The molecule has 102 valence electrons. The average Bonchev–Trinajstić information content (AvgIpc) is 2.82. The zero-order valence-corrected chi connectivity index (χ0v) is 11.7. The molecule has 4 heteroatoms. The van der Waals surface area contributed by atoms with E-state index in [-0.39, 0.29) is 0 Å². The van der Waals surface area contributed by atoms with Crippen molar-refractivity contribution >= 4 is 5.69 Å². The highest BCUT2D eigenvalue weighted by molar-refractivity contribution is 5.30. The summed E-state index contributed by atoms with van der Waals surface area (Å²) in [6.07, 6.45) is 10.5. The number of aromatic nitrogens is 2. The van der Waals surface area contributed by atoms with E-state index in [4.69, 9.17) is 5.73 Å². The maximum Gasteiger partial charge on any atom is 0.0719 e. The number of nitrogens with zero attached hydrogens (tertiary/aromatic N) is 3. The van der Waals surface area contributed by atoms with Crippen LogP contribution in [0.15, 0.2) is 12.4 Å². The second-order valence-corrected chi connectivity index (χ2v) is 5.60. The highest BCUT2D eigenvalue weighted by Gasteiger charge is 2.22. The molecule has 0 unspecified atom stereocenters. The Morgan fingerprint density at radius 3 is 2.67 bits per heavy atom. The predicted octanol–water partition coefficient (Wildman–Crippen LogP) is 2.37. The van der Waals surface area contributed by atoms with Crippen molar-refractivity contribution in [2.45, 2.75) is 51.6 Å². The fraction of sp³-hybridized carbons (Fsp3) is 0.786. The minimum atomic E-state index is 0.751. The summed E-state index contributed by atoms with van der Waals surface area (Å²) >= 11 is 0. The number of hydrogen-bond donors (Lipinski definition) is 1. The van der Waals surface area contributed by atoms with Gasteiger partial charge in [0.2, 0.25) is 0 Å². The van der Waals surface area contributed by atoms with Gasteiger partial charge in [-0.3, -0.25) is 4.68 Å². The second-order valence-electron chi connectivity index (χ2n) is 5.60. The second kappa shape index (κ2) is 6.23. The van der Waals surface area contributed by atoms with Gasteiger partial charge in [-0.15, -0.1) is 0 Å². The van der Waals surface area contributed by atoms with E-state index < -0.39 is 0 Å². The quantitative estimate of drug-likeness (QED) is 0.872. The molecule has 1 aromatic rings. The van der Waals surface area contributed by atoms with Gasteiger partial charge < -0.3 is 10.6 Å². The highest BCUT2D eigenvalue weighted by atomic mass is 15.3. The van der Waals surface area contributed by atoms with Crippen LogP contribution >= 0.6 is 0 Å². The Labute approximate surface area is 110 Å². The van der Waals surface area contributed by atoms with Crippen LogP contribution in [0.2, 0.25) is 0 Å². The van der Waals surface area contributed by atoms with Gasteiger partial charge in [0.25, 0.3) is 0 Å². The zero-order chi connectivity index (χ0) is 13.0. The molecule has 0 radical (unpaired) electrons. The van der Waals surface area contributed by atoms with E-state index in [1.165, 1.54) is 32.1 Å². The van der Waals surface area contributed by atoms with Gasteiger partial charge in [0, 0.05) is 18.8 Å². The standard InChI is InChI=1S/C14H26N4/c1-3-12-4-6-14(7-5-12)17(2)8-9-18-11-13(15)10-16-18/h10-12,14H,3-9,15H2,1-2H3. The molecule has 1 fully saturated rings. The zero-order valence-electron chi connectivity index (χ0n) is 11.7. The third-order valence-electron chi connectivity index (χ3n) is 4.35. The summed E-state index contributed by atoms with van der Waals surface area (Å²) in [6, 6.07) is 0.765. The third-order valence-corrected chi connectivity index (χ3v) is 4.35. The first kappa shape index (κ1) is 13.4. The fourth-order valence-corrected chi connectivity index (χ4v) is 2.94. The van der Waals surface area contributed by atoms with Crippen molar-refractivity contribution in [3.05, 3.63) is 12.4 Å². The van der Waals surface area contributed by atoms with E-state index in [0.717, 1.165) is 30.7 Å². The first-order chi connectivity index (χ1) is 8.69. The molecule has 0 atom stereocenters. The van der Waals surface area contributed by atoms with Gasteiger partial charge in [0.05, 0.1) is 18.4 Å². The molecular formula is C14H26N4. The number of anilines is 1. The normalized spacial score (nSPS) is 24.6. The lowest BCUT2D eigenvalue weighted by Crippen LogP contribution is -2.37. The number of rotatable bonds is 5. The van der Waals surface area contributed by atoms with Gasteiger partial charge in [0.15, 0.2) is 0 Å². The molecule has 1 saturated carbocycles. The Balaban J connectivity index is 1.73. The molecule has 1 aliphatic rings. The van der Waals surface area contributed by atoms with Crippen LogP contribution in [0, 0.1) is 5.92 Å². The van der Waals surface area contributed by atoms with Gasteiger partial charge in [-0.2, -0.15) is 5.10 Å². The van der Waals surface area contributed by atoms with Crippen LogP contribution in [0.5, 0.6) is 0 Å². The fourth-order valence-electron chi connectivity index (χ4n) is 2.94. The van der Waals surface area contributed by atoms with Gasteiger partial charge in [-0.25, -0.2) is 0 Å². The molecule has 1 heterocycles. The van der Waals surface area contributed by atoms with E-state index in [9.17, 15) is 0 Å². The largest absolute Gasteiger partial charge is 0.396 e. The lowest BCUT2D eigenvalue weighted by atomic mass is 9.84. The summed E-state index contributed by atoms with van der Waals surface area (Å²) in [5, 5.41) is 4.22. The Kier molecular flexibility index (Phi) is 4.64. The molecule has 0 aliphatic heterocycles. The Hall–Kier alpha value is -1.03. The van der Waals surface area contributed by atoms with Crippen LogP contribution in [0.3, 0.4) is 0 Å². The van der Waals surface area contributed by atoms with Crippen molar-refractivity contribution in [1.29, 1.82) is 0 Å². The maximum atomic E-state index is 5.66. The smallest absolute Gasteiger partial charge is 0.0719 e. The Bertz CT molecular complexity index is 352. The summed E-state index contributed by atoms with van der Waals surface area (Å²) in [6.45, 7) is 4.31. The van der Waals surface area contributed by atoms with Crippen molar-refractivity contribution in [1.82, 2.24) is 14.7 Å². The van der Waals surface area contributed by atoms with Crippen molar-refractivity contribution in [2.75, 3.05) is 19.3 Å². The van der Waals surface area contributed by atoms with E-state index in [2.05, 4.69) is 24.0 Å². The van der Waals surface area contributed by atoms with Crippen LogP contribution in [0.4, 0.5) is 5.69 Å². The summed E-state index contributed by atoms with van der Waals surface area (Å²) in [7, 11) is 2.24. The maximum absolute atomic E-state index is 5.66. The van der Waals surface area contributed by atoms with Crippen LogP contribution < -0.4 is 5.73 Å². The van der Waals surface area contributed by atoms with Crippen LogP contribution in [0.1, 0.15) is 39.0 Å². The SMILES string of the molecule is CCC1CCC(N(C)CCn2cc(N)cn2)CC1. The molecule has 1 aliphatic carbocycles. The van der Waals surface area contributed by atoms with Gasteiger partial charge in [-0.05, 0) is 38.6 Å². The molecule has 1 aromatic heterocycles. The number of likely N-dealkylation sites (N-methyl/N-ethyl adjacent to an activating group) is 1. The van der Waals surface area contributed by atoms with E-state index in [1.807, 2.05) is 10.9 Å². The van der Waals surface area contributed by atoms with Gasteiger partial charge in [0.1, 0.15) is 0 Å². The van der Waals surface area contributed by atoms with Gasteiger partial charge >= 0.3 is 0 Å². The predicted molar refractivity (Wildman–Crippen MR) is 75.3 cm³/mol. The molecule has 0 spiro atoms. The number of hydrogen-bond acceptors (Lipinski definition) is 3. The summed E-state index contributed by atoms with van der Waals surface area (Å²) < 4.78 is 1.93. The first-order valence-corrected chi connectivity index (χ1v) is 7.17. The van der Waals surface area contributed by atoms with E-state index in [0.29, 0.717) is 0 Å². The molecule has 2 N–H and O–H groups in total. The number of nitrogens with two attached hydrogens (primary N) is 1. The van der Waals surface area contributed by atoms with Crippen molar-refractivity contribution < 1.29 is 0 Å². The number of nitrogen functional groups attached to an aromatic ring is 1. The summed E-state index contributed by atoms with van der Waals surface area (Å²) in [5.41, 5.74) is 6.41. The summed E-state index contributed by atoms with van der Waals surface area (Å²) in [5.74, 6) is 0.973. The third kappa shape index (κ3) is 3.48. The molecule has 4 nitrogen and oxygen atoms in total. The van der Waals surface area contributed by atoms with Crippen molar-refractivity contribution in [3.63, 3.8) is 0 Å².